The van der Waals surface area contributed by atoms with Gasteiger partial charge in [-0.15, -0.1) is 0 Å². The molecule has 1 aliphatic rings. The lowest BCUT2D eigenvalue weighted by Gasteiger charge is -2.41. The highest BCUT2D eigenvalue weighted by Crippen LogP contribution is 2.39. The van der Waals surface area contributed by atoms with E-state index in [0.717, 1.165) is 30.3 Å². The number of aromatic nitrogens is 2. The molecule has 1 saturated heterocycles. The van der Waals surface area contributed by atoms with Crippen molar-refractivity contribution in [3.8, 4) is 11.3 Å². The lowest BCUT2D eigenvalue weighted by atomic mass is 9.85. The second-order valence-corrected chi connectivity index (χ2v) is 8.14. The van der Waals surface area contributed by atoms with Crippen molar-refractivity contribution in [1.82, 2.24) is 9.97 Å². The molecule has 0 aliphatic carbocycles. The van der Waals surface area contributed by atoms with Crippen LogP contribution in [0.4, 0.5) is 18.9 Å². The number of aliphatic hydroxyl groups excluding tert-OH is 2. The standard InChI is InChI=1S/C24H22F3N3O4/c1-11-21(31)22(32)12(2)34-23(11)13-8-9-28-10-18(13)30-24(33)17-7-6-16(27)20(29-17)19-14(25)4-3-5-15(19)26/h3-12,21-23,31-32H,1-2H3,(H,30,33)/t11-,12+,21+,22-,23+/m1/s1. The van der Waals surface area contributed by atoms with E-state index < -0.39 is 64.9 Å². The minimum Gasteiger partial charge on any atom is -0.390 e. The number of carbonyl (C=O) groups is 1. The highest BCUT2D eigenvalue weighted by Gasteiger charge is 2.41. The Hall–Kier alpha value is -3.34. The summed E-state index contributed by atoms with van der Waals surface area (Å²) in [5.41, 5.74) is -0.858. The smallest absolute Gasteiger partial charge is 0.274 e. The molecule has 178 valence electrons. The number of hydrogen-bond acceptors (Lipinski definition) is 6. The van der Waals surface area contributed by atoms with Gasteiger partial charge in [0, 0.05) is 17.7 Å². The van der Waals surface area contributed by atoms with Gasteiger partial charge >= 0.3 is 0 Å². The van der Waals surface area contributed by atoms with Crippen LogP contribution in [0.5, 0.6) is 0 Å². The monoisotopic (exact) mass is 473 g/mol. The molecule has 0 unspecified atom stereocenters. The lowest BCUT2D eigenvalue weighted by molar-refractivity contribution is -0.192. The number of aliphatic hydroxyl groups is 2. The molecule has 1 amide bonds. The predicted octanol–water partition coefficient (Wildman–Crippen LogP) is 3.63. The van der Waals surface area contributed by atoms with Crippen LogP contribution in [-0.4, -0.2) is 44.4 Å². The van der Waals surface area contributed by atoms with Gasteiger partial charge in [-0.05, 0) is 37.3 Å². The Bertz CT molecular complexity index is 1210. The molecule has 4 rings (SSSR count). The van der Waals surface area contributed by atoms with Crippen LogP contribution in [0.1, 0.15) is 36.0 Å². The molecule has 1 aliphatic heterocycles. The topological polar surface area (TPSA) is 105 Å². The number of benzene rings is 1. The first-order valence-corrected chi connectivity index (χ1v) is 10.6. The molecular weight excluding hydrogens is 451 g/mol. The van der Waals surface area contributed by atoms with Crippen molar-refractivity contribution < 1.29 is 32.9 Å². The number of rotatable bonds is 4. The van der Waals surface area contributed by atoms with E-state index in [1.54, 1.807) is 19.9 Å². The molecule has 34 heavy (non-hydrogen) atoms. The SMILES string of the molecule is C[C@@H]1[C@H](O)[C@H](O)[C@H](C)O[C@@H]1c1ccncc1NC(=O)c1ccc(F)c(-c2c(F)cccc2F)n1. The molecule has 7 nitrogen and oxygen atoms in total. The largest absolute Gasteiger partial charge is 0.390 e. The van der Waals surface area contributed by atoms with Gasteiger partial charge < -0.3 is 20.3 Å². The van der Waals surface area contributed by atoms with E-state index in [1.807, 2.05) is 0 Å². The van der Waals surface area contributed by atoms with Gasteiger partial charge in [-0.25, -0.2) is 18.2 Å². The average Bonchev–Trinajstić information content (AvgIpc) is 2.81. The maximum absolute atomic E-state index is 14.4. The fourth-order valence-electron chi connectivity index (χ4n) is 3.97. The first kappa shape index (κ1) is 23.8. The Morgan fingerprint density at radius 1 is 1.00 bits per heavy atom. The van der Waals surface area contributed by atoms with E-state index in [0.29, 0.717) is 5.56 Å². The molecule has 5 atom stereocenters. The quantitative estimate of drug-likeness (QED) is 0.535. The summed E-state index contributed by atoms with van der Waals surface area (Å²) in [6, 6.07) is 6.66. The molecule has 10 heteroatoms. The van der Waals surface area contributed by atoms with Gasteiger partial charge in [0.25, 0.3) is 5.91 Å². The summed E-state index contributed by atoms with van der Waals surface area (Å²) in [4.78, 5) is 20.8. The van der Waals surface area contributed by atoms with E-state index in [2.05, 4.69) is 15.3 Å². The summed E-state index contributed by atoms with van der Waals surface area (Å²) in [6.07, 6.45) is -0.597. The van der Waals surface area contributed by atoms with Crippen molar-refractivity contribution in [1.29, 1.82) is 0 Å². The number of hydrogen-bond donors (Lipinski definition) is 3. The van der Waals surface area contributed by atoms with Gasteiger partial charge in [0.2, 0.25) is 0 Å². The molecular formula is C24H22F3N3O4. The zero-order valence-electron chi connectivity index (χ0n) is 18.2. The van der Waals surface area contributed by atoms with Crippen molar-refractivity contribution in [2.75, 3.05) is 5.32 Å². The van der Waals surface area contributed by atoms with E-state index in [4.69, 9.17) is 4.74 Å². The second-order valence-electron chi connectivity index (χ2n) is 8.14. The normalized spacial score (nSPS) is 24.6. The van der Waals surface area contributed by atoms with Crippen molar-refractivity contribution in [2.45, 2.75) is 38.3 Å². The number of nitrogens with zero attached hydrogens (tertiary/aromatic N) is 2. The molecule has 3 aromatic rings. The number of carbonyl (C=O) groups excluding carboxylic acids is 1. The molecule has 3 heterocycles. The fourth-order valence-corrected chi connectivity index (χ4v) is 3.97. The summed E-state index contributed by atoms with van der Waals surface area (Å²) in [7, 11) is 0. The van der Waals surface area contributed by atoms with Crippen molar-refractivity contribution in [3.05, 3.63) is 77.5 Å². The number of ether oxygens (including phenoxy) is 1. The Morgan fingerprint density at radius 2 is 1.71 bits per heavy atom. The molecule has 1 fully saturated rings. The highest BCUT2D eigenvalue weighted by atomic mass is 19.1. The molecule has 0 radical (unpaired) electrons. The lowest BCUT2D eigenvalue weighted by Crippen LogP contribution is -2.49. The zero-order valence-corrected chi connectivity index (χ0v) is 18.2. The molecule has 2 aromatic heterocycles. The summed E-state index contributed by atoms with van der Waals surface area (Å²) >= 11 is 0. The summed E-state index contributed by atoms with van der Waals surface area (Å²) in [5, 5.41) is 23.1. The molecule has 0 spiro atoms. The maximum Gasteiger partial charge on any atom is 0.274 e. The molecule has 0 bridgehead atoms. The fraction of sp³-hybridized carbons (Fsp3) is 0.292. The van der Waals surface area contributed by atoms with E-state index in [9.17, 15) is 28.2 Å². The Balaban J connectivity index is 1.65. The first-order valence-electron chi connectivity index (χ1n) is 10.6. The van der Waals surface area contributed by atoms with Crippen molar-refractivity contribution >= 4 is 11.6 Å². The molecule has 3 N–H and O–H groups in total. The summed E-state index contributed by atoms with van der Waals surface area (Å²) < 4.78 is 48.6. The van der Waals surface area contributed by atoms with Crippen molar-refractivity contribution in [2.24, 2.45) is 5.92 Å². The van der Waals surface area contributed by atoms with Crippen LogP contribution in [0.2, 0.25) is 0 Å². The van der Waals surface area contributed by atoms with Crippen LogP contribution in [0.25, 0.3) is 11.3 Å². The second kappa shape index (κ2) is 9.49. The van der Waals surface area contributed by atoms with Gasteiger partial charge in [0.05, 0.1) is 35.8 Å². The number of nitrogens with one attached hydrogen (secondary N) is 1. The third-order valence-electron chi connectivity index (χ3n) is 5.90. The van der Waals surface area contributed by atoms with E-state index in [1.165, 1.54) is 12.4 Å². The van der Waals surface area contributed by atoms with Crippen LogP contribution >= 0.6 is 0 Å². The van der Waals surface area contributed by atoms with E-state index in [-0.39, 0.29) is 11.4 Å². The van der Waals surface area contributed by atoms with Crippen LogP contribution in [0, 0.1) is 23.4 Å². The average molecular weight is 473 g/mol. The first-order chi connectivity index (χ1) is 16.2. The van der Waals surface area contributed by atoms with Gasteiger partial charge in [0.15, 0.2) is 0 Å². The number of halogens is 3. The number of amides is 1. The Kier molecular flexibility index (Phi) is 6.65. The minimum atomic E-state index is -1.06. The van der Waals surface area contributed by atoms with Crippen molar-refractivity contribution in [3.63, 3.8) is 0 Å². The van der Waals surface area contributed by atoms with Gasteiger partial charge in [0.1, 0.15) is 34.9 Å². The maximum atomic E-state index is 14.4. The summed E-state index contributed by atoms with van der Waals surface area (Å²) in [6.45, 7) is 3.32. The zero-order chi connectivity index (χ0) is 24.6. The Labute approximate surface area is 193 Å². The van der Waals surface area contributed by atoms with Gasteiger partial charge in [-0.1, -0.05) is 13.0 Å². The Morgan fingerprint density at radius 3 is 2.41 bits per heavy atom. The number of anilines is 1. The van der Waals surface area contributed by atoms with E-state index >= 15 is 0 Å². The van der Waals surface area contributed by atoms with Gasteiger partial charge in [-0.2, -0.15) is 0 Å². The van der Waals surface area contributed by atoms with Crippen LogP contribution in [0.3, 0.4) is 0 Å². The van der Waals surface area contributed by atoms with Crippen LogP contribution in [-0.2, 0) is 4.74 Å². The third kappa shape index (κ3) is 4.39. The van der Waals surface area contributed by atoms with Gasteiger partial charge in [-0.3, -0.25) is 9.78 Å². The van der Waals surface area contributed by atoms with Crippen LogP contribution in [0.15, 0.2) is 48.8 Å². The highest BCUT2D eigenvalue weighted by molar-refractivity contribution is 6.03. The molecule has 0 saturated carbocycles. The minimum absolute atomic E-state index is 0.241. The number of pyridine rings is 2. The van der Waals surface area contributed by atoms with Crippen LogP contribution < -0.4 is 5.32 Å². The third-order valence-corrected chi connectivity index (χ3v) is 5.90. The summed E-state index contributed by atoms with van der Waals surface area (Å²) in [5.74, 6) is -4.31. The molecule has 1 aromatic carbocycles. The predicted molar refractivity (Wildman–Crippen MR) is 116 cm³/mol.